The molecule has 2 aromatic heterocycles. The maximum atomic E-state index is 11.7. The molecule has 0 spiro atoms. The molecule has 0 atom stereocenters. The zero-order valence-corrected chi connectivity index (χ0v) is 20.8. The summed E-state index contributed by atoms with van der Waals surface area (Å²) in [4.78, 5) is 18.6. The van der Waals surface area contributed by atoms with Crippen molar-refractivity contribution < 1.29 is 13.9 Å². The lowest BCUT2D eigenvalue weighted by Crippen LogP contribution is -2.24. The van der Waals surface area contributed by atoms with E-state index in [4.69, 9.17) is 14.1 Å². The molecule has 0 fully saturated rings. The molecule has 0 radical (unpaired) electrons. The van der Waals surface area contributed by atoms with Gasteiger partial charge in [0.2, 0.25) is 5.82 Å². The zero-order valence-electron chi connectivity index (χ0n) is 20.8. The van der Waals surface area contributed by atoms with E-state index in [9.17, 15) is 4.79 Å². The van der Waals surface area contributed by atoms with E-state index in [1.165, 1.54) is 7.11 Å². The number of unbranched alkanes of at least 4 members (excludes halogenated alkanes) is 1. The number of fused-ring (bicyclic) bond motifs is 1. The van der Waals surface area contributed by atoms with E-state index in [2.05, 4.69) is 62.8 Å². The fourth-order valence-corrected chi connectivity index (χ4v) is 4.25. The Morgan fingerprint density at radius 3 is 2.54 bits per heavy atom. The molecule has 9 nitrogen and oxygen atoms in total. The molecule has 188 valence electrons. The Hall–Kier alpha value is -4.53. The summed E-state index contributed by atoms with van der Waals surface area (Å²) in [7, 11) is 1.39. The van der Waals surface area contributed by atoms with Gasteiger partial charge in [-0.05, 0) is 46.0 Å². The van der Waals surface area contributed by atoms with Gasteiger partial charge < -0.3 is 14.1 Å². The van der Waals surface area contributed by atoms with Crippen molar-refractivity contribution in [3.05, 3.63) is 77.9 Å². The van der Waals surface area contributed by atoms with E-state index >= 15 is 0 Å². The highest BCUT2D eigenvalue weighted by Gasteiger charge is 2.16. The van der Waals surface area contributed by atoms with Crippen molar-refractivity contribution in [3.8, 4) is 22.5 Å². The normalized spacial score (nSPS) is 11.1. The number of hydrogen-bond acceptors (Lipinski definition) is 8. The Labute approximate surface area is 214 Å². The van der Waals surface area contributed by atoms with Crippen LogP contribution in [0.1, 0.15) is 30.9 Å². The first-order chi connectivity index (χ1) is 18.1. The second kappa shape index (κ2) is 11.0. The van der Waals surface area contributed by atoms with Crippen LogP contribution in [0.5, 0.6) is 0 Å². The molecule has 2 heterocycles. The standard InChI is InChI=1S/C28H28N6O3/c1-3-4-15-34(28-29-24-16-20(17-26(35)36-2)11-14-25(24)37-28)18-19-9-12-21(13-10-19)22-7-5-6-8-23(22)27-30-32-33-31-27/h5-14,16H,3-4,15,17-18H2,1-2H3,(H,30,31,32,33). The molecule has 1 N–H and O–H groups in total. The first kappa shape index (κ1) is 24.2. The van der Waals surface area contributed by atoms with Gasteiger partial charge in [-0.25, -0.2) is 0 Å². The number of methoxy groups -OCH3 is 1. The topological polar surface area (TPSA) is 110 Å². The van der Waals surface area contributed by atoms with Crippen LogP contribution in [0.4, 0.5) is 6.01 Å². The second-order valence-corrected chi connectivity index (χ2v) is 8.80. The number of rotatable bonds is 10. The number of carbonyl (C=O) groups is 1. The quantitative estimate of drug-likeness (QED) is 0.263. The number of anilines is 1. The molecule has 0 saturated carbocycles. The Balaban J connectivity index is 1.38. The summed E-state index contributed by atoms with van der Waals surface area (Å²) >= 11 is 0. The van der Waals surface area contributed by atoms with Gasteiger partial charge in [-0.15, -0.1) is 10.2 Å². The highest BCUT2D eigenvalue weighted by atomic mass is 16.5. The lowest BCUT2D eigenvalue weighted by atomic mass is 9.98. The monoisotopic (exact) mass is 496 g/mol. The lowest BCUT2D eigenvalue weighted by Gasteiger charge is -2.20. The van der Waals surface area contributed by atoms with Crippen LogP contribution in [-0.4, -0.2) is 45.2 Å². The van der Waals surface area contributed by atoms with Crippen molar-refractivity contribution >= 4 is 23.1 Å². The van der Waals surface area contributed by atoms with Crippen LogP contribution in [-0.2, 0) is 22.5 Å². The average Bonchev–Trinajstić information content (AvgIpc) is 3.61. The number of benzene rings is 3. The van der Waals surface area contributed by atoms with Crippen LogP contribution >= 0.6 is 0 Å². The molecule has 5 aromatic rings. The third kappa shape index (κ3) is 5.50. The molecule has 0 aliphatic heterocycles. The van der Waals surface area contributed by atoms with Gasteiger partial charge >= 0.3 is 5.97 Å². The highest BCUT2D eigenvalue weighted by Crippen LogP contribution is 2.30. The number of H-pyrrole nitrogens is 1. The molecule has 0 aliphatic rings. The average molecular weight is 497 g/mol. The summed E-state index contributed by atoms with van der Waals surface area (Å²) in [5.41, 5.74) is 6.45. The maximum absolute atomic E-state index is 11.7. The summed E-state index contributed by atoms with van der Waals surface area (Å²) in [5.74, 6) is 0.284. The van der Waals surface area contributed by atoms with Gasteiger partial charge in [-0.1, -0.05) is 67.9 Å². The molecule has 5 rings (SSSR count). The number of aromatic nitrogens is 5. The number of carbonyl (C=O) groups excluding carboxylic acids is 1. The van der Waals surface area contributed by atoms with Crippen LogP contribution in [0, 0.1) is 0 Å². The summed E-state index contributed by atoms with van der Waals surface area (Å²) < 4.78 is 10.9. The fourth-order valence-electron chi connectivity index (χ4n) is 4.25. The van der Waals surface area contributed by atoms with Gasteiger partial charge in [0.25, 0.3) is 6.01 Å². The molecule has 0 aliphatic carbocycles. The Bertz CT molecular complexity index is 1480. The summed E-state index contributed by atoms with van der Waals surface area (Å²) in [6.07, 6.45) is 2.28. The maximum Gasteiger partial charge on any atom is 0.309 e. The van der Waals surface area contributed by atoms with Gasteiger partial charge in [0.1, 0.15) is 5.52 Å². The van der Waals surface area contributed by atoms with Gasteiger partial charge in [0.05, 0.1) is 13.5 Å². The van der Waals surface area contributed by atoms with Crippen molar-refractivity contribution in [2.24, 2.45) is 0 Å². The van der Waals surface area contributed by atoms with Crippen molar-refractivity contribution in [2.45, 2.75) is 32.7 Å². The highest BCUT2D eigenvalue weighted by molar-refractivity contribution is 5.80. The van der Waals surface area contributed by atoms with Crippen molar-refractivity contribution in [3.63, 3.8) is 0 Å². The fraction of sp³-hybridized carbons (Fsp3) is 0.250. The van der Waals surface area contributed by atoms with E-state index in [-0.39, 0.29) is 12.4 Å². The van der Waals surface area contributed by atoms with Gasteiger partial charge in [0, 0.05) is 18.7 Å². The number of ether oxygens (including phenoxy) is 1. The molecule has 37 heavy (non-hydrogen) atoms. The molecular weight excluding hydrogens is 468 g/mol. The van der Waals surface area contributed by atoms with Gasteiger partial charge in [0.15, 0.2) is 5.58 Å². The minimum absolute atomic E-state index is 0.205. The number of esters is 1. The van der Waals surface area contributed by atoms with Crippen molar-refractivity contribution in [1.29, 1.82) is 0 Å². The van der Waals surface area contributed by atoms with Gasteiger partial charge in [-0.2, -0.15) is 10.2 Å². The molecule has 0 saturated heterocycles. The molecule has 0 unspecified atom stereocenters. The third-order valence-corrected chi connectivity index (χ3v) is 6.22. The summed E-state index contributed by atoms with van der Waals surface area (Å²) in [6, 6.07) is 22.7. The van der Waals surface area contributed by atoms with Gasteiger partial charge in [-0.3, -0.25) is 4.79 Å². The Morgan fingerprint density at radius 2 is 1.81 bits per heavy atom. The zero-order chi connectivity index (χ0) is 25.6. The molecule has 3 aromatic carbocycles. The summed E-state index contributed by atoms with van der Waals surface area (Å²) in [6.45, 7) is 3.65. The molecular formula is C28H28N6O3. The molecule has 0 amide bonds. The Morgan fingerprint density at radius 1 is 1.03 bits per heavy atom. The van der Waals surface area contributed by atoms with Crippen LogP contribution in [0.15, 0.2) is 71.1 Å². The molecule has 9 heteroatoms. The minimum atomic E-state index is -0.281. The van der Waals surface area contributed by atoms with Crippen molar-refractivity contribution in [2.75, 3.05) is 18.6 Å². The minimum Gasteiger partial charge on any atom is -0.469 e. The van der Waals surface area contributed by atoms with E-state index in [0.29, 0.717) is 24.0 Å². The SMILES string of the molecule is CCCCN(Cc1ccc(-c2ccccc2-c2nn[nH]n2)cc1)c1nc2cc(CC(=O)OC)ccc2o1. The van der Waals surface area contributed by atoms with E-state index in [0.717, 1.165) is 52.7 Å². The lowest BCUT2D eigenvalue weighted by molar-refractivity contribution is -0.139. The number of aromatic amines is 1. The predicted octanol–water partition coefficient (Wildman–Crippen LogP) is 5.20. The van der Waals surface area contributed by atoms with Crippen LogP contribution < -0.4 is 4.90 Å². The predicted molar refractivity (Wildman–Crippen MR) is 141 cm³/mol. The number of nitrogens with zero attached hydrogens (tertiary/aromatic N) is 5. The van der Waals surface area contributed by atoms with Crippen LogP contribution in [0.3, 0.4) is 0 Å². The first-order valence-electron chi connectivity index (χ1n) is 12.3. The van der Waals surface area contributed by atoms with E-state index < -0.39 is 0 Å². The van der Waals surface area contributed by atoms with Crippen LogP contribution in [0.25, 0.3) is 33.6 Å². The number of oxazole rings is 1. The second-order valence-electron chi connectivity index (χ2n) is 8.80. The Kier molecular flexibility index (Phi) is 7.21. The van der Waals surface area contributed by atoms with Crippen molar-refractivity contribution in [1.82, 2.24) is 25.6 Å². The third-order valence-electron chi connectivity index (χ3n) is 6.22. The summed E-state index contributed by atoms with van der Waals surface area (Å²) in [5, 5.41) is 14.5. The first-order valence-corrected chi connectivity index (χ1v) is 12.3. The number of hydrogen-bond donors (Lipinski definition) is 1. The van der Waals surface area contributed by atoms with E-state index in [1.807, 2.05) is 36.4 Å². The number of tetrazole rings is 1. The van der Waals surface area contributed by atoms with Crippen LogP contribution in [0.2, 0.25) is 0 Å². The van der Waals surface area contributed by atoms with E-state index in [1.54, 1.807) is 0 Å². The largest absolute Gasteiger partial charge is 0.469 e. The smallest absolute Gasteiger partial charge is 0.309 e. The molecule has 0 bridgehead atoms. The number of nitrogens with one attached hydrogen (secondary N) is 1.